The third kappa shape index (κ3) is 2.61. The lowest BCUT2D eigenvalue weighted by atomic mass is 9.97. The second-order valence-corrected chi connectivity index (χ2v) is 4.77. The smallest absolute Gasteiger partial charge is 0.250 e. The third-order valence-corrected chi connectivity index (χ3v) is 3.45. The standard InChI is InChI=1S/C13H19N3O2/c1-3-16-8-10(4-5-12(16)17)15-13(18)11-7-14-6-9(11)2/h4-5,8-9,11,14H,3,6-7H2,1-2H3,(H,15,18)/t9-,11-/m1/s1. The Hall–Kier alpha value is -1.62. The molecule has 1 amide bonds. The quantitative estimate of drug-likeness (QED) is 0.827. The molecule has 1 fully saturated rings. The van der Waals surface area contributed by atoms with Gasteiger partial charge in [-0.25, -0.2) is 0 Å². The molecule has 98 valence electrons. The summed E-state index contributed by atoms with van der Waals surface area (Å²) >= 11 is 0. The van der Waals surface area contributed by atoms with Gasteiger partial charge in [0, 0.05) is 25.4 Å². The number of carbonyl (C=O) groups excluding carboxylic acids is 1. The molecule has 0 spiro atoms. The molecule has 0 saturated carbocycles. The van der Waals surface area contributed by atoms with Crippen LogP contribution in [0.3, 0.4) is 0 Å². The predicted molar refractivity (Wildman–Crippen MR) is 70.5 cm³/mol. The van der Waals surface area contributed by atoms with Crippen molar-refractivity contribution in [2.24, 2.45) is 11.8 Å². The minimum absolute atomic E-state index is 0.00649. The van der Waals surface area contributed by atoms with Gasteiger partial charge in [0.05, 0.1) is 11.6 Å². The number of carbonyl (C=O) groups is 1. The normalized spacial score (nSPS) is 23.0. The summed E-state index contributed by atoms with van der Waals surface area (Å²) in [6.07, 6.45) is 1.69. The highest BCUT2D eigenvalue weighted by Crippen LogP contribution is 2.17. The third-order valence-electron chi connectivity index (χ3n) is 3.45. The monoisotopic (exact) mass is 249 g/mol. The van der Waals surface area contributed by atoms with Crippen molar-refractivity contribution in [3.8, 4) is 0 Å². The molecule has 1 aliphatic rings. The summed E-state index contributed by atoms with van der Waals surface area (Å²) in [6, 6.07) is 3.13. The first-order valence-corrected chi connectivity index (χ1v) is 6.34. The molecule has 1 aromatic heterocycles. The summed E-state index contributed by atoms with van der Waals surface area (Å²) in [5.41, 5.74) is 0.631. The van der Waals surface area contributed by atoms with Crippen LogP contribution >= 0.6 is 0 Å². The topological polar surface area (TPSA) is 63.1 Å². The van der Waals surface area contributed by atoms with E-state index < -0.39 is 0 Å². The van der Waals surface area contributed by atoms with Crippen molar-refractivity contribution in [2.45, 2.75) is 20.4 Å². The lowest BCUT2D eigenvalue weighted by Crippen LogP contribution is -2.28. The van der Waals surface area contributed by atoms with Gasteiger partial charge < -0.3 is 15.2 Å². The molecule has 0 unspecified atom stereocenters. The molecule has 0 radical (unpaired) electrons. The average Bonchev–Trinajstić information content (AvgIpc) is 2.78. The van der Waals surface area contributed by atoms with Crippen molar-refractivity contribution in [1.29, 1.82) is 0 Å². The second-order valence-electron chi connectivity index (χ2n) is 4.77. The molecule has 1 aromatic rings. The Balaban J connectivity index is 2.09. The van der Waals surface area contributed by atoms with Crippen LogP contribution in [-0.4, -0.2) is 23.6 Å². The summed E-state index contributed by atoms with van der Waals surface area (Å²) in [4.78, 5) is 23.5. The molecule has 2 rings (SSSR count). The average molecular weight is 249 g/mol. The molecule has 2 N–H and O–H groups in total. The largest absolute Gasteiger partial charge is 0.324 e. The van der Waals surface area contributed by atoms with Gasteiger partial charge in [-0.3, -0.25) is 9.59 Å². The van der Waals surface area contributed by atoms with Crippen LogP contribution in [0.4, 0.5) is 5.69 Å². The van der Waals surface area contributed by atoms with Gasteiger partial charge in [-0.1, -0.05) is 6.92 Å². The van der Waals surface area contributed by atoms with Gasteiger partial charge >= 0.3 is 0 Å². The molecule has 1 aliphatic heterocycles. The molecule has 0 aliphatic carbocycles. The second kappa shape index (κ2) is 5.35. The zero-order chi connectivity index (χ0) is 13.1. The van der Waals surface area contributed by atoms with Crippen molar-refractivity contribution in [3.63, 3.8) is 0 Å². The lowest BCUT2D eigenvalue weighted by molar-refractivity contribution is -0.120. The fourth-order valence-electron chi connectivity index (χ4n) is 2.25. The van der Waals surface area contributed by atoms with Crippen LogP contribution in [0.25, 0.3) is 0 Å². The highest BCUT2D eigenvalue weighted by Gasteiger charge is 2.29. The van der Waals surface area contributed by atoms with Crippen LogP contribution in [-0.2, 0) is 11.3 Å². The van der Waals surface area contributed by atoms with Gasteiger partial charge in [0.25, 0.3) is 5.56 Å². The first-order chi connectivity index (χ1) is 8.61. The summed E-state index contributed by atoms with van der Waals surface area (Å²) < 4.78 is 1.58. The van der Waals surface area contributed by atoms with Crippen molar-refractivity contribution in [3.05, 3.63) is 28.7 Å². The van der Waals surface area contributed by atoms with Crippen molar-refractivity contribution in [1.82, 2.24) is 9.88 Å². The van der Waals surface area contributed by atoms with Crippen LogP contribution in [0.15, 0.2) is 23.1 Å². The highest BCUT2D eigenvalue weighted by atomic mass is 16.2. The van der Waals surface area contributed by atoms with Crippen molar-refractivity contribution < 1.29 is 4.79 Å². The molecule has 18 heavy (non-hydrogen) atoms. The molecule has 0 aromatic carbocycles. The zero-order valence-electron chi connectivity index (χ0n) is 10.8. The fourth-order valence-corrected chi connectivity index (χ4v) is 2.25. The molecular formula is C13H19N3O2. The van der Waals surface area contributed by atoms with Crippen LogP contribution in [0.5, 0.6) is 0 Å². The SMILES string of the molecule is CCn1cc(NC(=O)[C@@H]2CNC[C@H]2C)ccc1=O. The van der Waals surface area contributed by atoms with Gasteiger partial charge in [0.1, 0.15) is 0 Å². The van der Waals surface area contributed by atoms with Gasteiger partial charge in [-0.15, -0.1) is 0 Å². The number of rotatable bonds is 3. The molecule has 2 heterocycles. The van der Waals surface area contributed by atoms with Gasteiger partial charge in [0.2, 0.25) is 5.91 Å². The number of anilines is 1. The summed E-state index contributed by atoms with van der Waals surface area (Å²) in [5, 5.41) is 6.08. The molecular weight excluding hydrogens is 230 g/mol. The Bertz CT molecular complexity index is 495. The van der Waals surface area contributed by atoms with Crippen LogP contribution < -0.4 is 16.2 Å². The maximum absolute atomic E-state index is 12.1. The van der Waals surface area contributed by atoms with Crippen molar-refractivity contribution >= 4 is 11.6 Å². The van der Waals surface area contributed by atoms with E-state index in [0.29, 0.717) is 18.2 Å². The van der Waals surface area contributed by atoms with E-state index in [1.807, 2.05) is 6.92 Å². The molecule has 5 nitrogen and oxygen atoms in total. The molecule has 5 heteroatoms. The van der Waals surface area contributed by atoms with E-state index in [1.165, 1.54) is 6.07 Å². The molecule has 0 bridgehead atoms. The Kier molecular flexibility index (Phi) is 3.81. The van der Waals surface area contributed by atoms with Crippen LogP contribution in [0.1, 0.15) is 13.8 Å². The maximum atomic E-state index is 12.1. The van der Waals surface area contributed by atoms with E-state index in [4.69, 9.17) is 0 Å². The van der Waals surface area contributed by atoms with Crippen molar-refractivity contribution in [2.75, 3.05) is 18.4 Å². The number of aromatic nitrogens is 1. The molecule has 2 atom stereocenters. The number of amides is 1. The minimum atomic E-state index is -0.0496. The van der Waals surface area contributed by atoms with E-state index in [2.05, 4.69) is 17.6 Å². The number of hydrogen-bond acceptors (Lipinski definition) is 3. The summed E-state index contributed by atoms with van der Waals surface area (Å²) in [5.74, 6) is 0.378. The first-order valence-electron chi connectivity index (χ1n) is 6.34. The molecule has 1 saturated heterocycles. The van der Waals surface area contributed by atoms with E-state index in [9.17, 15) is 9.59 Å². The van der Waals surface area contributed by atoms with E-state index in [0.717, 1.165) is 13.1 Å². The van der Waals surface area contributed by atoms with E-state index in [1.54, 1.807) is 16.8 Å². The van der Waals surface area contributed by atoms with E-state index in [-0.39, 0.29) is 17.4 Å². The minimum Gasteiger partial charge on any atom is -0.324 e. The fraction of sp³-hybridized carbons (Fsp3) is 0.538. The number of nitrogens with one attached hydrogen (secondary N) is 2. The van der Waals surface area contributed by atoms with Crippen LogP contribution in [0.2, 0.25) is 0 Å². The highest BCUT2D eigenvalue weighted by molar-refractivity contribution is 5.92. The number of pyridine rings is 1. The Labute approximate surface area is 106 Å². The number of nitrogens with zero attached hydrogens (tertiary/aromatic N) is 1. The van der Waals surface area contributed by atoms with E-state index >= 15 is 0 Å². The Morgan fingerprint density at radius 1 is 1.50 bits per heavy atom. The predicted octanol–water partition coefficient (Wildman–Crippen LogP) is 0.662. The Morgan fingerprint density at radius 2 is 2.28 bits per heavy atom. The Morgan fingerprint density at radius 3 is 2.89 bits per heavy atom. The van der Waals surface area contributed by atoms with Crippen LogP contribution in [0, 0.1) is 11.8 Å². The number of aryl methyl sites for hydroxylation is 1. The van der Waals surface area contributed by atoms with Gasteiger partial charge in [-0.2, -0.15) is 0 Å². The first kappa shape index (κ1) is 12.8. The summed E-state index contributed by atoms with van der Waals surface area (Å²) in [6.45, 7) is 6.17. The maximum Gasteiger partial charge on any atom is 0.250 e. The zero-order valence-corrected chi connectivity index (χ0v) is 10.8. The van der Waals surface area contributed by atoms with Gasteiger partial charge in [-0.05, 0) is 25.5 Å². The number of hydrogen-bond donors (Lipinski definition) is 2. The lowest BCUT2D eigenvalue weighted by Gasteiger charge is -2.14. The summed E-state index contributed by atoms with van der Waals surface area (Å²) in [7, 11) is 0. The van der Waals surface area contributed by atoms with Gasteiger partial charge in [0.15, 0.2) is 0 Å².